The Morgan fingerprint density at radius 3 is 2.60 bits per heavy atom. The Balaban J connectivity index is 1.64. The Labute approximate surface area is 154 Å². The molecule has 0 unspecified atom stereocenters. The molecule has 126 valence electrons. The molecule has 0 aliphatic heterocycles. The average molecular weight is 372 g/mol. The molecule has 0 N–H and O–H groups in total. The number of nitrogens with zero attached hydrogens (tertiary/aromatic N) is 1. The van der Waals surface area contributed by atoms with E-state index >= 15 is 0 Å². The maximum absolute atomic E-state index is 12.1. The van der Waals surface area contributed by atoms with Gasteiger partial charge >= 0.3 is 5.97 Å². The summed E-state index contributed by atoms with van der Waals surface area (Å²) < 4.78 is 5.28. The van der Waals surface area contributed by atoms with Crippen molar-refractivity contribution in [3.8, 4) is 16.3 Å². The van der Waals surface area contributed by atoms with E-state index in [9.17, 15) is 9.59 Å². The van der Waals surface area contributed by atoms with Crippen LogP contribution >= 0.6 is 22.9 Å². The lowest BCUT2D eigenvalue weighted by Crippen LogP contribution is -2.11. The van der Waals surface area contributed by atoms with Crippen molar-refractivity contribution in [3.05, 3.63) is 70.2 Å². The van der Waals surface area contributed by atoms with E-state index in [1.54, 1.807) is 30.3 Å². The lowest BCUT2D eigenvalue weighted by Gasteiger charge is -2.03. The summed E-state index contributed by atoms with van der Waals surface area (Å²) in [5.41, 5.74) is 2.13. The van der Waals surface area contributed by atoms with Gasteiger partial charge in [-0.1, -0.05) is 23.7 Å². The van der Waals surface area contributed by atoms with Gasteiger partial charge in [0.1, 0.15) is 10.8 Å². The van der Waals surface area contributed by atoms with E-state index in [1.807, 2.05) is 23.6 Å². The highest BCUT2D eigenvalue weighted by Gasteiger charge is 2.11. The fourth-order valence-electron chi connectivity index (χ4n) is 2.22. The van der Waals surface area contributed by atoms with Crippen LogP contribution in [0.2, 0.25) is 5.02 Å². The van der Waals surface area contributed by atoms with Gasteiger partial charge in [0.15, 0.2) is 5.78 Å². The van der Waals surface area contributed by atoms with Crippen molar-refractivity contribution in [1.82, 2.24) is 4.98 Å². The second-order valence-corrected chi connectivity index (χ2v) is 6.68. The molecule has 3 rings (SSSR count). The molecule has 0 radical (unpaired) electrons. The minimum atomic E-state index is -0.404. The molecule has 0 aliphatic carbocycles. The van der Waals surface area contributed by atoms with Crippen LogP contribution in [-0.2, 0) is 11.2 Å². The highest BCUT2D eigenvalue weighted by Crippen LogP contribution is 2.26. The maximum atomic E-state index is 12.1. The lowest BCUT2D eigenvalue weighted by molar-refractivity contribution is -0.133. The van der Waals surface area contributed by atoms with Crippen molar-refractivity contribution >= 4 is 34.7 Å². The fraction of sp³-hybridized carbons (Fsp3) is 0.105. The van der Waals surface area contributed by atoms with Crippen LogP contribution in [0.5, 0.6) is 5.75 Å². The Morgan fingerprint density at radius 2 is 1.92 bits per heavy atom. The van der Waals surface area contributed by atoms with Crippen molar-refractivity contribution in [3.63, 3.8) is 0 Å². The molecule has 0 aliphatic rings. The third-order valence-corrected chi connectivity index (χ3v) is 4.62. The molecule has 6 heteroatoms. The number of ketones is 1. The summed E-state index contributed by atoms with van der Waals surface area (Å²) in [7, 11) is 0. The summed E-state index contributed by atoms with van der Waals surface area (Å²) in [6.45, 7) is 1.49. The quantitative estimate of drug-likeness (QED) is 0.366. The molecule has 1 heterocycles. The van der Waals surface area contributed by atoms with Gasteiger partial charge in [-0.3, -0.25) is 9.59 Å². The van der Waals surface area contributed by atoms with Crippen LogP contribution in [0, 0.1) is 0 Å². The minimum Gasteiger partial charge on any atom is -0.426 e. The van der Waals surface area contributed by atoms with Crippen molar-refractivity contribution in [2.45, 2.75) is 13.3 Å². The molecule has 4 nitrogen and oxygen atoms in total. The van der Waals surface area contributed by atoms with Gasteiger partial charge in [0.05, 0.1) is 12.1 Å². The second-order valence-electron chi connectivity index (χ2n) is 5.39. The monoisotopic (exact) mass is 371 g/mol. The van der Waals surface area contributed by atoms with Crippen LogP contribution < -0.4 is 4.74 Å². The van der Waals surface area contributed by atoms with Crippen molar-refractivity contribution in [2.24, 2.45) is 0 Å². The first-order valence-electron chi connectivity index (χ1n) is 7.53. The summed E-state index contributed by atoms with van der Waals surface area (Å²) in [4.78, 5) is 27.7. The first kappa shape index (κ1) is 17.3. The third-order valence-electron chi connectivity index (χ3n) is 3.44. The molecular weight excluding hydrogens is 358 g/mol. The summed E-state index contributed by atoms with van der Waals surface area (Å²) in [5.74, 6) is -0.0345. The largest absolute Gasteiger partial charge is 0.426 e. The van der Waals surface area contributed by atoms with E-state index in [-0.39, 0.29) is 12.2 Å². The molecule has 0 amide bonds. The van der Waals surface area contributed by atoms with E-state index in [1.165, 1.54) is 18.3 Å². The maximum Gasteiger partial charge on any atom is 0.317 e. The summed E-state index contributed by atoms with van der Waals surface area (Å²) >= 11 is 7.44. The summed E-state index contributed by atoms with van der Waals surface area (Å²) in [5, 5.41) is 3.27. The van der Waals surface area contributed by atoms with E-state index in [4.69, 9.17) is 16.3 Å². The summed E-state index contributed by atoms with van der Waals surface area (Å²) in [6.07, 6.45) is 0.0749. The SMILES string of the molecule is CC(=O)c1ccc(OC(=O)Cc2csc(-c3cccc(Cl)c3)n2)cc1. The van der Waals surface area contributed by atoms with Crippen LogP contribution in [0.25, 0.3) is 10.6 Å². The van der Waals surface area contributed by atoms with E-state index in [0.717, 1.165) is 10.6 Å². The molecule has 25 heavy (non-hydrogen) atoms. The van der Waals surface area contributed by atoms with Crippen molar-refractivity contribution in [1.29, 1.82) is 0 Å². The zero-order chi connectivity index (χ0) is 17.8. The minimum absolute atomic E-state index is 0.0334. The molecule has 0 spiro atoms. The number of halogens is 1. The van der Waals surface area contributed by atoms with Gasteiger partial charge in [0.2, 0.25) is 0 Å². The zero-order valence-corrected chi connectivity index (χ0v) is 14.9. The first-order valence-corrected chi connectivity index (χ1v) is 8.79. The Morgan fingerprint density at radius 1 is 1.16 bits per heavy atom. The number of Topliss-reactive ketones (excluding diaryl/α,β-unsaturated/α-hetero) is 1. The number of carbonyl (C=O) groups excluding carboxylic acids is 2. The number of esters is 1. The lowest BCUT2D eigenvalue weighted by atomic mass is 10.1. The van der Waals surface area contributed by atoms with Gasteiger partial charge < -0.3 is 4.74 Å². The number of carbonyl (C=O) groups is 2. The van der Waals surface area contributed by atoms with Crippen molar-refractivity contribution < 1.29 is 14.3 Å². The highest BCUT2D eigenvalue weighted by atomic mass is 35.5. The fourth-order valence-corrected chi connectivity index (χ4v) is 3.22. The Bertz CT molecular complexity index is 918. The van der Waals surface area contributed by atoms with E-state index in [0.29, 0.717) is 22.0 Å². The average Bonchev–Trinajstić information content (AvgIpc) is 3.03. The zero-order valence-electron chi connectivity index (χ0n) is 13.4. The van der Waals surface area contributed by atoms with Gasteiger partial charge in [-0.25, -0.2) is 4.98 Å². The normalized spacial score (nSPS) is 10.5. The predicted molar refractivity (Wildman–Crippen MR) is 98.3 cm³/mol. The molecule has 3 aromatic rings. The van der Waals surface area contributed by atoms with Crippen LogP contribution in [0.15, 0.2) is 53.9 Å². The van der Waals surface area contributed by atoms with E-state index < -0.39 is 5.97 Å². The smallest absolute Gasteiger partial charge is 0.317 e. The second kappa shape index (κ2) is 7.59. The highest BCUT2D eigenvalue weighted by molar-refractivity contribution is 7.13. The van der Waals surface area contributed by atoms with Crippen LogP contribution in [0.3, 0.4) is 0 Å². The molecular formula is C19H14ClNO3S. The third kappa shape index (κ3) is 4.53. The number of thiazole rings is 1. The number of rotatable bonds is 5. The van der Waals surface area contributed by atoms with Gasteiger partial charge in [-0.15, -0.1) is 11.3 Å². The molecule has 0 atom stereocenters. The van der Waals surface area contributed by atoms with Gasteiger partial charge in [-0.05, 0) is 43.3 Å². The first-order chi connectivity index (χ1) is 12.0. The Kier molecular flexibility index (Phi) is 5.26. The number of ether oxygens (including phenoxy) is 1. The predicted octanol–water partition coefficient (Wildman–Crippen LogP) is 4.81. The summed E-state index contributed by atoms with van der Waals surface area (Å²) in [6, 6.07) is 13.9. The van der Waals surface area contributed by atoms with Crippen LogP contribution in [0.4, 0.5) is 0 Å². The molecule has 0 saturated carbocycles. The number of benzene rings is 2. The number of hydrogen-bond donors (Lipinski definition) is 0. The van der Waals surface area contributed by atoms with E-state index in [2.05, 4.69) is 4.98 Å². The Hall–Kier alpha value is -2.50. The van der Waals surface area contributed by atoms with Crippen molar-refractivity contribution in [2.75, 3.05) is 0 Å². The topological polar surface area (TPSA) is 56.3 Å². The molecule has 0 fully saturated rings. The van der Waals surface area contributed by atoms with Crippen LogP contribution in [0.1, 0.15) is 23.0 Å². The van der Waals surface area contributed by atoms with Gasteiger partial charge in [0, 0.05) is 21.5 Å². The number of hydrogen-bond acceptors (Lipinski definition) is 5. The molecule has 0 bridgehead atoms. The van der Waals surface area contributed by atoms with Gasteiger partial charge in [-0.2, -0.15) is 0 Å². The molecule has 2 aromatic carbocycles. The van der Waals surface area contributed by atoms with Gasteiger partial charge in [0.25, 0.3) is 0 Å². The molecule has 1 aromatic heterocycles. The standard InChI is InChI=1S/C19H14ClNO3S/c1-12(22)13-5-7-17(8-6-13)24-18(23)10-16-11-25-19(21-16)14-3-2-4-15(20)9-14/h2-9,11H,10H2,1H3. The van der Waals surface area contributed by atoms with Crippen LogP contribution in [-0.4, -0.2) is 16.7 Å². The number of aromatic nitrogens is 1. The molecule has 0 saturated heterocycles.